The van der Waals surface area contributed by atoms with Crippen molar-refractivity contribution in [3.8, 4) is 0 Å². The van der Waals surface area contributed by atoms with Gasteiger partial charge in [0.2, 0.25) is 0 Å². The van der Waals surface area contributed by atoms with Gasteiger partial charge in [-0.3, -0.25) is 0 Å². The zero-order valence-corrected chi connectivity index (χ0v) is 10.1. The van der Waals surface area contributed by atoms with Gasteiger partial charge < -0.3 is 5.11 Å². The summed E-state index contributed by atoms with van der Waals surface area (Å²) in [5.41, 5.74) is -0.297. The van der Waals surface area contributed by atoms with Gasteiger partial charge in [-0.2, -0.15) is 0 Å². The quantitative estimate of drug-likeness (QED) is 0.789. The molecule has 0 amide bonds. The van der Waals surface area contributed by atoms with Gasteiger partial charge >= 0.3 is 0 Å². The van der Waals surface area contributed by atoms with Crippen molar-refractivity contribution in [1.29, 1.82) is 0 Å². The number of allylic oxidation sites excluding steroid dienone is 1. The SMILES string of the molecule is C=CCCC(C)(O)c1cccc(Cl)c1Cl. The molecule has 0 aromatic heterocycles. The smallest absolute Gasteiger partial charge is 0.0886 e. The molecular formula is C12H14Cl2O. The van der Waals surface area contributed by atoms with E-state index in [9.17, 15) is 5.11 Å². The molecular weight excluding hydrogens is 231 g/mol. The standard InChI is InChI=1S/C12H14Cl2O/c1-3-4-8-12(2,15)9-6-5-7-10(13)11(9)14/h3,5-7,15H,1,4,8H2,2H3. The maximum absolute atomic E-state index is 10.2. The molecule has 1 nitrogen and oxygen atoms in total. The fourth-order valence-corrected chi connectivity index (χ4v) is 1.94. The summed E-state index contributed by atoms with van der Waals surface area (Å²) < 4.78 is 0. The number of hydrogen-bond donors (Lipinski definition) is 1. The second kappa shape index (κ2) is 5.02. The van der Waals surface area contributed by atoms with Gasteiger partial charge in [0.15, 0.2) is 0 Å². The van der Waals surface area contributed by atoms with Gasteiger partial charge in [0, 0.05) is 5.56 Å². The third-order valence-electron chi connectivity index (χ3n) is 2.37. The van der Waals surface area contributed by atoms with Crippen molar-refractivity contribution in [1.82, 2.24) is 0 Å². The first-order chi connectivity index (χ1) is 6.99. The maximum atomic E-state index is 10.2. The van der Waals surface area contributed by atoms with Crippen LogP contribution in [0.3, 0.4) is 0 Å². The summed E-state index contributed by atoms with van der Waals surface area (Å²) >= 11 is 11.9. The topological polar surface area (TPSA) is 20.2 Å². The molecule has 0 spiro atoms. The van der Waals surface area contributed by atoms with Crippen LogP contribution in [0.15, 0.2) is 30.9 Å². The van der Waals surface area contributed by atoms with Crippen LogP contribution in [0.2, 0.25) is 10.0 Å². The van der Waals surface area contributed by atoms with Crippen molar-refractivity contribution in [3.63, 3.8) is 0 Å². The van der Waals surface area contributed by atoms with E-state index in [1.165, 1.54) is 0 Å². The molecule has 1 N–H and O–H groups in total. The highest BCUT2D eigenvalue weighted by molar-refractivity contribution is 6.42. The second-order valence-corrected chi connectivity index (χ2v) is 4.49. The van der Waals surface area contributed by atoms with E-state index in [1.807, 2.05) is 0 Å². The Morgan fingerprint density at radius 1 is 1.47 bits per heavy atom. The molecule has 0 aliphatic rings. The Hall–Kier alpha value is -0.500. The first-order valence-electron chi connectivity index (χ1n) is 4.77. The molecule has 0 saturated carbocycles. The molecule has 0 fully saturated rings. The average molecular weight is 245 g/mol. The Kier molecular flexibility index (Phi) is 4.21. The number of hydrogen-bond acceptors (Lipinski definition) is 1. The minimum absolute atomic E-state index is 0.424. The van der Waals surface area contributed by atoms with Crippen molar-refractivity contribution < 1.29 is 5.11 Å². The van der Waals surface area contributed by atoms with Gasteiger partial charge in [-0.05, 0) is 25.8 Å². The first-order valence-corrected chi connectivity index (χ1v) is 5.52. The van der Waals surface area contributed by atoms with Gasteiger partial charge in [0.25, 0.3) is 0 Å². The van der Waals surface area contributed by atoms with Crippen LogP contribution in [0, 0.1) is 0 Å². The Labute approximate surface area is 100 Å². The highest BCUT2D eigenvalue weighted by Gasteiger charge is 2.25. The molecule has 0 heterocycles. The lowest BCUT2D eigenvalue weighted by molar-refractivity contribution is 0.0489. The van der Waals surface area contributed by atoms with Crippen LogP contribution in [0.4, 0.5) is 0 Å². The van der Waals surface area contributed by atoms with E-state index >= 15 is 0 Å². The third kappa shape index (κ3) is 2.97. The molecule has 0 bridgehead atoms. The zero-order valence-electron chi connectivity index (χ0n) is 8.63. The third-order valence-corrected chi connectivity index (χ3v) is 3.19. The summed E-state index contributed by atoms with van der Waals surface area (Å²) in [6, 6.07) is 5.28. The molecule has 1 aromatic carbocycles. The predicted octanol–water partition coefficient (Wildman–Crippen LogP) is 4.17. The number of rotatable bonds is 4. The van der Waals surface area contributed by atoms with Crippen LogP contribution >= 0.6 is 23.2 Å². The lowest BCUT2D eigenvalue weighted by Gasteiger charge is -2.24. The van der Waals surface area contributed by atoms with E-state index < -0.39 is 5.60 Å². The van der Waals surface area contributed by atoms with Crippen LogP contribution in [0.5, 0.6) is 0 Å². The van der Waals surface area contributed by atoms with E-state index in [1.54, 1.807) is 31.2 Å². The van der Waals surface area contributed by atoms with Gasteiger partial charge in [-0.1, -0.05) is 41.4 Å². The lowest BCUT2D eigenvalue weighted by atomic mass is 9.91. The monoisotopic (exact) mass is 244 g/mol. The van der Waals surface area contributed by atoms with E-state index in [0.29, 0.717) is 22.0 Å². The van der Waals surface area contributed by atoms with Gasteiger partial charge in [0.05, 0.1) is 15.6 Å². The lowest BCUT2D eigenvalue weighted by Crippen LogP contribution is -2.21. The minimum atomic E-state index is -0.962. The molecule has 1 rings (SSSR count). The average Bonchev–Trinajstić information content (AvgIpc) is 2.19. The summed E-state index contributed by atoms with van der Waals surface area (Å²) in [5.74, 6) is 0. The Bertz CT molecular complexity index is 359. The van der Waals surface area contributed by atoms with E-state index in [2.05, 4.69) is 6.58 Å². The van der Waals surface area contributed by atoms with Crippen molar-refractivity contribution >= 4 is 23.2 Å². The summed E-state index contributed by atoms with van der Waals surface area (Å²) in [6.45, 7) is 5.36. The minimum Gasteiger partial charge on any atom is -0.385 e. The maximum Gasteiger partial charge on any atom is 0.0886 e. The van der Waals surface area contributed by atoms with Crippen LogP contribution < -0.4 is 0 Å². The van der Waals surface area contributed by atoms with Crippen LogP contribution in [-0.4, -0.2) is 5.11 Å². The molecule has 3 heteroatoms. The summed E-state index contributed by atoms with van der Waals surface area (Å²) in [6.07, 6.45) is 3.08. The van der Waals surface area contributed by atoms with Crippen molar-refractivity contribution in [3.05, 3.63) is 46.5 Å². The molecule has 1 aromatic rings. The van der Waals surface area contributed by atoms with Crippen LogP contribution in [-0.2, 0) is 5.60 Å². The number of aliphatic hydroxyl groups is 1. The molecule has 0 aliphatic heterocycles. The summed E-state index contributed by atoms with van der Waals surface area (Å²) in [4.78, 5) is 0. The summed E-state index contributed by atoms with van der Waals surface area (Å²) in [7, 11) is 0. The predicted molar refractivity (Wildman–Crippen MR) is 65.5 cm³/mol. The van der Waals surface area contributed by atoms with E-state index in [-0.39, 0.29) is 0 Å². The molecule has 82 valence electrons. The molecule has 0 saturated heterocycles. The normalized spacial score (nSPS) is 14.7. The van der Waals surface area contributed by atoms with Crippen LogP contribution in [0.1, 0.15) is 25.3 Å². The van der Waals surface area contributed by atoms with Crippen molar-refractivity contribution in [2.75, 3.05) is 0 Å². The highest BCUT2D eigenvalue weighted by atomic mass is 35.5. The fourth-order valence-electron chi connectivity index (χ4n) is 1.44. The van der Waals surface area contributed by atoms with E-state index in [4.69, 9.17) is 23.2 Å². The van der Waals surface area contributed by atoms with Crippen molar-refractivity contribution in [2.24, 2.45) is 0 Å². The highest BCUT2D eigenvalue weighted by Crippen LogP contribution is 2.35. The molecule has 15 heavy (non-hydrogen) atoms. The Morgan fingerprint density at radius 2 is 2.13 bits per heavy atom. The molecule has 1 atom stereocenters. The van der Waals surface area contributed by atoms with Gasteiger partial charge in [-0.25, -0.2) is 0 Å². The van der Waals surface area contributed by atoms with Crippen molar-refractivity contribution in [2.45, 2.75) is 25.4 Å². The zero-order chi connectivity index (χ0) is 11.5. The van der Waals surface area contributed by atoms with Gasteiger partial charge in [-0.15, -0.1) is 6.58 Å². The second-order valence-electron chi connectivity index (χ2n) is 3.70. The fraction of sp³-hybridized carbons (Fsp3) is 0.333. The van der Waals surface area contributed by atoms with Gasteiger partial charge in [0.1, 0.15) is 0 Å². The molecule has 1 unspecified atom stereocenters. The Balaban J connectivity index is 3.03. The molecule has 0 aliphatic carbocycles. The summed E-state index contributed by atoms with van der Waals surface area (Å²) in [5, 5.41) is 11.1. The molecule has 0 radical (unpaired) electrons. The largest absolute Gasteiger partial charge is 0.385 e. The van der Waals surface area contributed by atoms with E-state index in [0.717, 1.165) is 6.42 Å². The Morgan fingerprint density at radius 3 is 2.73 bits per heavy atom. The number of halogens is 2. The van der Waals surface area contributed by atoms with Crippen LogP contribution in [0.25, 0.3) is 0 Å². The first kappa shape index (κ1) is 12.6. The number of benzene rings is 1.